The van der Waals surface area contributed by atoms with Crippen LogP contribution >= 0.6 is 11.6 Å². The summed E-state index contributed by atoms with van der Waals surface area (Å²) in [4.78, 5) is 0.103. The first-order valence-electron chi connectivity index (χ1n) is 6.84. The van der Waals surface area contributed by atoms with Crippen molar-refractivity contribution in [1.29, 1.82) is 0 Å². The Balaban J connectivity index is 2.06. The summed E-state index contributed by atoms with van der Waals surface area (Å²) in [5.41, 5.74) is 1.46. The van der Waals surface area contributed by atoms with Crippen molar-refractivity contribution in [2.24, 2.45) is 7.05 Å². The Morgan fingerprint density at radius 2 is 1.70 bits per heavy atom. The molecule has 0 aliphatic heterocycles. The lowest BCUT2D eigenvalue weighted by atomic mass is 10.2. The zero-order chi connectivity index (χ0) is 16.4. The number of aromatic nitrogens is 2. The van der Waals surface area contributed by atoms with Gasteiger partial charge in [0.15, 0.2) is 0 Å². The molecule has 1 N–H and O–H groups in total. The van der Waals surface area contributed by atoms with E-state index in [4.69, 9.17) is 11.6 Å². The fourth-order valence-corrected chi connectivity index (χ4v) is 3.72. The highest BCUT2D eigenvalue weighted by atomic mass is 35.5. The van der Waals surface area contributed by atoms with Crippen molar-refractivity contribution in [3.63, 3.8) is 0 Å². The molecule has 0 unspecified atom stereocenters. The third kappa shape index (κ3) is 3.23. The Hall–Kier alpha value is -2.31. The van der Waals surface area contributed by atoms with Crippen LogP contribution in [0.25, 0.3) is 11.3 Å². The van der Waals surface area contributed by atoms with Gasteiger partial charge in [0, 0.05) is 18.8 Å². The van der Waals surface area contributed by atoms with Crippen LogP contribution in [0.15, 0.2) is 65.7 Å². The Bertz CT molecular complexity index is 937. The third-order valence-corrected chi connectivity index (χ3v) is 4.95. The molecule has 0 aliphatic carbocycles. The molecular formula is C16H14ClN3O2S. The van der Waals surface area contributed by atoms with Crippen LogP contribution in [0.4, 0.5) is 5.69 Å². The van der Waals surface area contributed by atoms with Gasteiger partial charge in [-0.05, 0) is 12.1 Å². The van der Waals surface area contributed by atoms with Crippen molar-refractivity contribution in [2.75, 3.05) is 4.72 Å². The second-order valence-corrected chi connectivity index (χ2v) is 7.03. The number of nitrogens with one attached hydrogen (secondary N) is 1. The first-order chi connectivity index (χ1) is 11.0. The number of hydrogen-bond donors (Lipinski definition) is 1. The number of nitrogens with zero attached hydrogens (tertiary/aromatic N) is 2. The van der Waals surface area contributed by atoms with E-state index in [1.54, 1.807) is 31.3 Å². The van der Waals surface area contributed by atoms with Gasteiger partial charge in [0.2, 0.25) is 0 Å². The van der Waals surface area contributed by atoms with E-state index in [-0.39, 0.29) is 4.90 Å². The van der Waals surface area contributed by atoms with Gasteiger partial charge in [-0.2, -0.15) is 5.10 Å². The smallest absolute Gasteiger partial charge is 0.265 e. The van der Waals surface area contributed by atoms with Gasteiger partial charge < -0.3 is 0 Å². The Kier molecular flexibility index (Phi) is 4.11. The summed E-state index contributed by atoms with van der Waals surface area (Å²) in [6, 6.07) is 15.9. The van der Waals surface area contributed by atoms with E-state index in [9.17, 15) is 8.42 Å². The maximum absolute atomic E-state index is 12.7. The molecule has 0 radical (unpaired) electrons. The van der Waals surface area contributed by atoms with E-state index in [0.29, 0.717) is 16.4 Å². The largest absolute Gasteiger partial charge is 0.278 e. The maximum Gasteiger partial charge on any atom is 0.265 e. The molecule has 3 aromatic rings. The molecule has 0 fully saturated rings. The summed E-state index contributed by atoms with van der Waals surface area (Å²) >= 11 is 6.03. The highest BCUT2D eigenvalue weighted by Gasteiger charge is 2.23. The van der Waals surface area contributed by atoms with Crippen molar-refractivity contribution in [2.45, 2.75) is 4.90 Å². The molecule has 5 nitrogen and oxygen atoms in total. The van der Waals surface area contributed by atoms with Gasteiger partial charge in [0.05, 0.1) is 10.7 Å². The quantitative estimate of drug-likeness (QED) is 0.785. The number of anilines is 1. The van der Waals surface area contributed by atoms with Crippen LogP contribution in [-0.4, -0.2) is 18.2 Å². The number of aryl methyl sites for hydroxylation is 1. The van der Waals surface area contributed by atoms with Gasteiger partial charge in [-0.15, -0.1) is 0 Å². The molecule has 1 heterocycles. The summed E-state index contributed by atoms with van der Waals surface area (Å²) in [5, 5.41) is 4.61. The zero-order valence-electron chi connectivity index (χ0n) is 12.3. The molecule has 0 bridgehead atoms. The van der Waals surface area contributed by atoms with Crippen molar-refractivity contribution < 1.29 is 8.42 Å². The average Bonchev–Trinajstić information content (AvgIpc) is 2.93. The molecule has 0 spiro atoms. The van der Waals surface area contributed by atoms with Gasteiger partial charge in [-0.25, -0.2) is 8.42 Å². The van der Waals surface area contributed by atoms with Crippen molar-refractivity contribution in [3.05, 3.63) is 65.8 Å². The maximum atomic E-state index is 12.7. The van der Waals surface area contributed by atoms with E-state index < -0.39 is 10.0 Å². The van der Waals surface area contributed by atoms with Crippen molar-refractivity contribution in [3.8, 4) is 11.3 Å². The summed E-state index contributed by atoms with van der Waals surface area (Å²) < 4.78 is 29.5. The van der Waals surface area contributed by atoms with E-state index in [1.165, 1.54) is 10.9 Å². The number of rotatable bonds is 4. The minimum Gasteiger partial charge on any atom is -0.278 e. The number of benzene rings is 2. The lowest BCUT2D eigenvalue weighted by Crippen LogP contribution is -2.13. The molecule has 23 heavy (non-hydrogen) atoms. The molecule has 3 rings (SSSR count). The summed E-state index contributed by atoms with van der Waals surface area (Å²) in [6.45, 7) is 0. The normalized spacial score (nSPS) is 11.4. The van der Waals surface area contributed by atoms with E-state index in [1.807, 2.05) is 30.3 Å². The van der Waals surface area contributed by atoms with Crippen LogP contribution < -0.4 is 4.72 Å². The Morgan fingerprint density at radius 3 is 2.39 bits per heavy atom. The molecule has 2 aromatic carbocycles. The lowest BCUT2D eigenvalue weighted by molar-refractivity contribution is 0.601. The summed E-state index contributed by atoms with van der Waals surface area (Å²) in [7, 11) is -2.13. The molecular weight excluding hydrogens is 334 g/mol. The number of sulfonamides is 1. The molecule has 7 heteroatoms. The second kappa shape index (κ2) is 6.06. The molecule has 0 saturated carbocycles. The fourth-order valence-electron chi connectivity index (χ4n) is 2.20. The van der Waals surface area contributed by atoms with E-state index in [0.717, 1.165) is 5.56 Å². The molecule has 0 aliphatic rings. The third-order valence-electron chi connectivity index (χ3n) is 3.25. The van der Waals surface area contributed by atoms with E-state index in [2.05, 4.69) is 9.82 Å². The van der Waals surface area contributed by atoms with Crippen LogP contribution in [-0.2, 0) is 17.1 Å². The zero-order valence-corrected chi connectivity index (χ0v) is 13.8. The monoisotopic (exact) mass is 347 g/mol. The van der Waals surface area contributed by atoms with Crippen molar-refractivity contribution >= 4 is 27.3 Å². The van der Waals surface area contributed by atoms with Gasteiger partial charge in [-0.1, -0.05) is 54.1 Å². The predicted molar refractivity (Wildman–Crippen MR) is 90.9 cm³/mol. The van der Waals surface area contributed by atoms with Gasteiger partial charge in [-0.3, -0.25) is 9.40 Å². The van der Waals surface area contributed by atoms with Crippen LogP contribution in [0.5, 0.6) is 0 Å². The van der Waals surface area contributed by atoms with Crippen LogP contribution in [0.2, 0.25) is 5.02 Å². The van der Waals surface area contributed by atoms with Crippen LogP contribution in [0.1, 0.15) is 0 Å². The van der Waals surface area contributed by atoms with Gasteiger partial charge in [0.25, 0.3) is 10.0 Å². The first kappa shape index (κ1) is 15.6. The second-order valence-electron chi connectivity index (χ2n) is 4.97. The molecule has 0 atom stereocenters. The first-order valence-corrected chi connectivity index (χ1v) is 8.70. The summed E-state index contributed by atoms with van der Waals surface area (Å²) in [6.07, 6.45) is 1.47. The fraction of sp³-hybridized carbons (Fsp3) is 0.0625. The molecule has 0 amide bonds. The molecule has 1 aromatic heterocycles. The minimum absolute atomic E-state index is 0.103. The molecule has 118 valence electrons. The van der Waals surface area contributed by atoms with Crippen LogP contribution in [0.3, 0.4) is 0 Å². The number of para-hydroxylation sites is 1. The highest BCUT2D eigenvalue weighted by Crippen LogP contribution is 2.29. The SMILES string of the molecule is Cn1cc(S(=O)(=O)Nc2ccccc2Cl)c(-c2ccccc2)n1. The van der Waals surface area contributed by atoms with E-state index >= 15 is 0 Å². The lowest BCUT2D eigenvalue weighted by Gasteiger charge is -2.09. The van der Waals surface area contributed by atoms with Gasteiger partial charge >= 0.3 is 0 Å². The van der Waals surface area contributed by atoms with Crippen molar-refractivity contribution in [1.82, 2.24) is 9.78 Å². The molecule has 0 saturated heterocycles. The Labute approximate surface area is 139 Å². The summed E-state index contributed by atoms with van der Waals surface area (Å²) in [5.74, 6) is 0. The van der Waals surface area contributed by atoms with Crippen LogP contribution in [0, 0.1) is 0 Å². The van der Waals surface area contributed by atoms with Gasteiger partial charge in [0.1, 0.15) is 10.6 Å². The standard InChI is InChI=1S/C16H14ClN3O2S/c1-20-11-15(16(18-20)12-7-3-2-4-8-12)23(21,22)19-14-10-6-5-9-13(14)17/h2-11,19H,1H3. The number of hydrogen-bond acceptors (Lipinski definition) is 3. The highest BCUT2D eigenvalue weighted by molar-refractivity contribution is 7.92. The number of halogens is 1. The Morgan fingerprint density at radius 1 is 1.04 bits per heavy atom. The predicted octanol–water partition coefficient (Wildman–Crippen LogP) is 3.54. The minimum atomic E-state index is -3.81. The topological polar surface area (TPSA) is 64.0 Å². The average molecular weight is 348 g/mol.